The maximum absolute atomic E-state index is 11.5. The summed E-state index contributed by atoms with van der Waals surface area (Å²) in [7, 11) is 1.24. The zero-order chi connectivity index (χ0) is 21.0. The molecule has 1 aromatic rings. The van der Waals surface area contributed by atoms with E-state index in [0.29, 0.717) is 5.56 Å². The van der Waals surface area contributed by atoms with Crippen molar-refractivity contribution in [2.75, 3.05) is 5.32 Å². The van der Waals surface area contributed by atoms with E-state index in [0.717, 1.165) is 0 Å². The van der Waals surface area contributed by atoms with Gasteiger partial charge in [-0.25, -0.2) is 4.79 Å². The molecule has 1 aliphatic heterocycles. The molecule has 1 aliphatic rings. The number of aliphatic hydroxyl groups is 3. The molecule has 11 nitrogen and oxygen atoms in total. The van der Waals surface area contributed by atoms with Crippen LogP contribution in [-0.4, -0.2) is 76.7 Å². The number of carbonyl (C=O) groups excluding carboxylic acids is 2. The van der Waals surface area contributed by atoms with Crippen molar-refractivity contribution in [3.63, 3.8) is 0 Å². The first-order valence-corrected chi connectivity index (χ1v) is 8.23. The van der Waals surface area contributed by atoms with E-state index in [1.165, 1.54) is 33.0 Å². The molecule has 28 heavy (non-hydrogen) atoms. The van der Waals surface area contributed by atoms with Crippen LogP contribution >= 0.6 is 0 Å². The average Bonchev–Trinajstić information content (AvgIpc) is 2.61. The molecule has 1 saturated heterocycles. The second-order valence-electron chi connectivity index (χ2n) is 6.14. The Morgan fingerprint density at radius 2 is 1.86 bits per heavy atom. The molecule has 0 saturated carbocycles. The third kappa shape index (κ3) is 5.20. The fraction of sp³-hybridized carbons (Fsp3) is 0.438. The van der Waals surface area contributed by atoms with Crippen molar-refractivity contribution >= 4 is 31.3 Å². The molecular formula is C16H20BNO10. The van der Waals surface area contributed by atoms with Crippen molar-refractivity contribution in [3.05, 3.63) is 23.8 Å². The van der Waals surface area contributed by atoms with Gasteiger partial charge in [0.05, 0.1) is 5.69 Å². The first kappa shape index (κ1) is 21.6. The zero-order valence-corrected chi connectivity index (χ0v) is 15.1. The molecule has 0 radical (unpaired) electrons. The van der Waals surface area contributed by atoms with Gasteiger partial charge in [0.2, 0.25) is 25.9 Å². The molecule has 1 amide bonds. The highest BCUT2D eigenvalue weighted by Gasteiger charge is 2.48. The van der Waals surface area contributed by atoms with E-state index in [1.54, 1.807) is 0 Å². The largest absolute Gasteiger partial charge is 0.479 e. The van der Waals surface area contributed by atoms with Crippen molar-refractivity contribution in [1.29, 1.82) is 0 Å². The number of carbonyl (C=O) groups is 3. The van der Waals surface area contributed by atoms with Crippen molar-refractivity contribution in [3.8, 4) is 5.75 Å². The van der Waals surface area contributed by atoms with E-state index in [1.807, 2.05) is 0 Å². The Morgan fingerprint density at radius 3 is 2.43 bits per heavy atom. The number of amides is 1. The first-order valence-electron chi connectivity index (χ1n) is 8.23. The standard InChI is InChI=1S/C16H20BNO10/c1-6(19)18-8-4-7(5-26-16(17)25)2-3-9(8)27-15-12(22)10(20)11(21)13(28-15)14(23)24/h2-4,10-13,15,20-22H,5,17H2,1H3,(H,18,19)(H,23,24). The first-order chi connectivity index (χ1) is 13.1. The van der Waals surface area contributed by atoms with Gasteiger partial charge in [-0.05, 0) is 17.7 Å². The van der Waals surface area contributed by atoms with E-state index >= 15 is 0 Å². The van der Waals surface area contributed by atoms with Gasteiger partial charge < -0.3 is 40.0 Å². The van der Waals surface area contributed by atoms with Crippen molar-refractivity contribution in [2.24, 2.45) is 0 Å². The third-order valence-electron chi connectivity index (χ3n) is 3.85. The Hall–Kier alpha value is -2.67. The molecule has 12 heteroatoms. The Bertz CT molecular complexity index is 757. The van der Waals surface area contributed by atoms with Gasteiger partial charge in [0.1, 0.15) is 30.7 Å². The highest BCUT2D eigenvalue weighted by atomic mass is 16.7. The predicted molar refractivity (Wildman–Crippen MR) is 94.4 cm³/mol. The van der Waals surface area contributed by atoms with Crippen LogP contribution in [0.1, 0.15) is 12.5 Å². The molecular weight excluding hydrogens is 377 g/mol. The summed E-state index contributed by atoms with van der Waals surface area (Å²) >= 11 is 0. The van der Waals surface area contributed by atoms with Gasteiger partial charge in [-0.1, -0.05) is 6.07 Å². The Labute approximate surface area is 160 Å². The number of hydrogen-bond donors (Lipinski definition) is 5. The lowest BCUT2D eigenvalue weighted by Gasteiger charge is -2.38. The molecule has 152 valence electrons. The minimum Gasteiger partial charge on any atom is -0.479 e. The Kier molecular flexibility index (Phi) is 6.97. The molecule has 1 aromatic carbocycles. The Balaban J connectivity index is 2.26. The summed E-state index contributed by atoms with van der Waals surface area (Å²) in [5, 5.41) is 41.2. The van der Waals surface area contributed by atoms with Crippen LogP contribution < -0.4 is 10.1 Å². The van der Waals surface area contributed by atoms with Crippen LogP contribution in [0.4, 0.5) is 10.5 Å². The summed E-state index contributed by atoms with van der Waals surface area (Å²) in [5.41, 5.74) is 0.663. The topological polar surface area (TPSA) is 172 Å². The summed E-state index contributed by atoms with van der Waals surface area (Å²) in [4.78, 5) is 33.6. The van der Waals surface area contributed by atoms with Gasteiger partial charge in [-0.15, -0.1) is 0 Å². The minimum absolute atomic E-state index is 0.00134. The van der Waals surface area contributed by atoms with Gasteiger partial charge in [0, 0.05) is 6.92 Å². The number of carboxylic acid groups (broad SMARTS) is 1. The van der Waals surface area contributed by atoms with Crippen LogP contribution in [0.3, 0.4) is 0 Å². The molecule has 0 spiro atoms. The van der Waals surface area contributed by atoms with E-state index in [9.17, 15) is 29.7 Å². The summed E-state index contributed by atoms with van der Waals surface area (Å²) in [5.74, 6) is -2.49. The SMILES string of the molecule is BC(=O)OCc1ccc(OC2OC(C(=O)O)C(O)C(O)C2O)c(NC(C)=O)c1. The van der Waals surface area contributed by atoms with Crippen LogP contribution in [-0.2, 0) is 25.7 Å². The molecule has 5 atom stereocenters. The van der Waals surface area contributed by atoms with Crippen LogP contribution in [0, 0.1) is 0 Å². The lowest BCUT2D eigenvalue weighted by atomic mass is 9.99. The molecule has 0 aliphatic carbocycles. The number of hydrogen-bond acceptors (Lipinski definition) is 9. The van der Waals surface area contributed by atoms with Gasteiger partial charge in [-0.3, -0.25) is 9.59 Å². The smallest absolute Gasteiger partial charge is 0.335 e. The molecule has 0 aromatic heterocycles. The number of nitrogens with one attached hydrogen (secondary N) is 1. The monoisotopic (exact) mass is 397 g/mol. The van der Waals surface area contributed by atoms with E-state index in [2.05, 4.69) is 5.32 Å². The number of anilines is 1. The van der Waals surface area contributed by atoms with Gasteiger partial charge in [0.15, 0.2) is 6.10 Å². The summed E-state index contributed by atoms with van der Waals surface area (Å²) < 4.78 is 15.4. The normalized spacial score (nSPS) is 26.9. The number of aliphatic hydroxyl groups excluding tert-OH is 3. The second-order valence-corrected chi connectivity index (χ2v) is 6.14. The molecule has 5 N–H and O–H groups in total. The average molecular weight is 397 g/mol. The molecule has 0 bridgehead atoms. The van der Waals surface area contributed by atoms with Crippen molar-refractivity contribution in [2.45, 2.75) is 44.2 Å². The fourth-order valence-electron chi connectivity index (χ4n) is 2.52. The lowest BCUT2D eigenvalue weighted by molar-refractivity contribution is -0.271. The number of carboxylic acids is 1. The van der Waals surface area contributed by atoms with Gasteiger partial charge >= 0.3 is 5.97 Å². The second kappa shape index (κ2) is 9.02. The summed E-state index contributed by atoms with van der Waals surface area (Å²) in [6, 6.07) is 4.35. The number of benzene rings is 1. The van der Waals surface area contributed by atoms with E-state index < -0.39 is 48.5 Å². The van der Waals surface area contributed by atoms with Crippen LogP contribution in [0.25, 0.3) is 0 Å². The van der Waals surface area contributed by atoms with Crippen LogP contribution in [0.5, 0.6) is 5.75 Å². The minimum atomic E-state index is -1.85. The predicted octanol–water partition coefficient (Wildman–Crippen LogP) is -1.81. The van der Waals surface area contributed by atoms with Crippen molar-refractivity contribution < 1.29 is 49.0 Å². The van der Waals surface area contributed by atoms with Gasteiger partial charge in [-0.2, -0.15) is 0 Å². The third-order valence-corrected chi connectivity index (χ3v) is 3.85. The van der Waals surface area contributed by atoms with E-state index in [-0.39, 0.29) is 18.0 Å². The molecule has 5 unspecified atom stereocenters. The quantitative estimate of drug-likeness (QED) is 0.344. The van der Waals surface area contributed by atoms with Crippen molar-refractivity contribution in [1.82, 2.24) is 0 Å². The maximum atomic E-state index is 11.5. The highest BCUT2D eigenvalue weighted by molar-refractivity contribution is 6.55. The van der Waals surface area contributed by atoms with E-state index in [4.69, 9.17) is 19.3 Å². The molecule has 2 rings (SSSR count). The lowest BCUT2D eigenvalue weighted by Crippen LogP contribution is -2.61. The number of aliphatic carboxylic acids is 1. The highest BCUT2D eigenvalue weighted by Crippen LogP contribution is 2.31. The zero-order valence-electron chi connectivity index (χ0n) is 15.1. The number of ether oxygens (including phenoxy) is 3. The summed E-state index contributed by atoms with van der Waals surface area (Å²) in [6.07, 6.45) is -8.89. The van der Waals surface area contributed by atoms with Gasteiger partial charge in [0.25, 0.3) is 0 Å². The number of rotatable bonds is 6. The summed E-state index contributed by atoms with van der Waals surface area (Å²) in [6.45, 7) is 1.19. The van der Waals surface area contributed by atoms with Crippen LogP contribution in [0.15, 0.2) is 18.2 Å². The Morgan fingerprint density at radius 1 is 1.18 bits per heavy atom. The molecule has 1 heterocycles. The molecule has 1 fully saturated rings. The maximum Gasteiger partial charge on any atom is 0.335 e. The fourth-order valence-corrected chi connectivity index (χ4v) is 2.52. The van der Waals surface area contributed by atoms with Crippen LogP contribution in [0.2, 0.25) is 0 Å².